The van der Waals surface area contributed by atoms with Gasteiger partial charge < -0.3 is 20.1 Å². The van der Waals surface area contributed by atoms with Crippen LogP contribution in [0, 0.1) is 0 Å². The Balaban J connectivity index is 1.79. The van der Waals surface area contributed by atoms with Crippen LogP contribution in [-0.4, -0.2) is 47.7 Å². The van der Waals surface area contributed by atoms with Crippen LogP contribution in [0.5, 0.6) is 5.75 Å². The third-order valence-electron chi connectivity index (χ3n) is 4.58. The zero-order chi connectivity index (χ0) is 18.6. The van der Waals surface area contributed by atoms with Gasteiger partial charge in [-0.3, -0.25) is 4.79 Å². The van der Waals surface area contributed by atoms with Crippen LogP contribution in [0.2, 0.25) is 0 Å². The minimum atomic E-state index is -1.28. The Morgan fingerprint density at radius 2 is 1.85 bits per heavy atom. The normalized spacial score (nSPS) is 16.0. The quantitative estimate of drug-likeness (QED) is 0.852. The lowest BCUT2D eigenvalue weighted by Gasteiger charge is -2.39. The topological polar surface area (TPSA) is 91.8 Å². The molecule has 0 atom stereocenters. The number of carbonyl (C=O) groups is 2. The number of ether oxygens (including phenoxy) is 1. The molecule has 3 rings (SSSR count). The fourth-order valence-electron chi connectivity index (χ4n) is 3.11. The Kier molecular flexibility index (Phi) is 5.06. The molecule has 0 unspecified atom stereocenters. The fraction of sp³-hybridized carbons (Fsp3) is 0.316. The van der Waals surface area contributed by atoms with Crippen molar-refractivity contribution in [2.45, 2.75) is 18.4 Å². The number of hydrogen-bond acceptors (Lipinski definition) is 5. The molecule has 1 fully saturated rings. The van der Waals surface area contributed by atoms with Crippen LogP contribution in [0.4, 0.5) is 5.82 Å². The largest absolute Gasteiger partial charge is 0.478 e. The molecule has 2 N–H and O–H groups in total. The number of aliphatic carboxylic acids is 1. The van der Waals surface area contributed by atoms with Crippen LogP contribution >= 0.6 is 0 Å². The van der Waals surface area contributed by atoms with Crippen LogP contribution in [0.1, 0.15) is 23.2 Å². The van der Waals surface area contributed by atoms with Crippen molar-refractivity contribution in [2.24, 2.45) is 0 Å². The van der Waals surface area contributed by atoms with E-state index in [0.717, 1.165) is 0 Å². The summed E-state index contributed by atoms with van der Waals surface area (Å²) < 4.78 is 5.86. The molecule has 1 saturated heterocycles. The number of aromatic nitrogens is 1. The van der Waals surface area contributed by atoms with Crippen molar-refractivity contribution in [3.05, 3.63) is 54.2 Å². The van der Waals surface area contributed by atoms with Gasteiger partial charge in [-0.15, -0.1) is 0 Å². The number of carbonyl (C=O) groups excluding carboxylic acids is 1. The minimum absolute atomic E-state index is 0.219. The standard InChI is InChI=1S/C19H21N3O4/c1-20-17(23)15-8-5-11-21-16(15)22-12-9-19(10-13-22,18(24)25)26-14-6-3-2-4-7-14/h2-8,11H,9-10,12-13H2,1H3,(H,20,23)(H,24,25). The van der Waals surface area contributed by atoms with Gasteiger partial charge in [0, 0.05) is 39.2 Å². The SMILES string of the molecule is CNC(=O)c1cccnc1N1CCC(Oc2ccccc2)(C(=O)O)CC1. The molecule has 136 valence electrons. The smallest absolute Gasteiger partial charge is 0.348 e. The predicted molar refractivity (Wildman–Crippen MR) is 96.5 cm³/mol. The number of amides is 1. The second-order valence-corrected chi connectivity index (χ2v) is 6.16. The maximum Gasteiger partial charge on any atom is 0.348 e. The van der Waals surface area contributed by atoms with E-state index < -0.39 is 11.6 Å². The van der Waals surface area contributed by atoms with Crippen molar-refractivity contribution in [3.8, 4) is 5.75 Å². The van der Waals surface area contributed by atoms with Gasteiger partial charge in [-0.2, -0.15) is 0 Å². The van der Waals surface area contributed by atoms with Crippen LogP contribution in [-0.2, 0) is 4.79 Å². The lowest BCUT2D eigenvalue weighted by molar-refractivity contribution is -0.157. The van der Waals surface area contributed by atoms with Crippen LogP contribution in [0.25, 0.3) is 0 Å². The van der Waals surface area contributed by atoms with Gasteiger partial charge in [0.05, 0.1) is 5.56 Å². The number of hydrogen-bond donors (Lipinski definition) is 2. The Morgan fingerprint density at radius 3 is 2.46 bits per heavy atom. The summed E-state index contributed by atoms with van der Waals surface area (Å²) >= 11 is 0. The fourth-order valence-corrected chi connectivity index (χ4v) is 3.11. The van der Waals surface area contributed by atoms with Crippen LogP contribution in [0.15, 0.2) is 48.7 Å². The summed E-state index contributed by atoms with van der Waals surface area (Å²) in [4.78, 5) is 30.2. The Bertz CT molecular complexity index is 786. The number of benzene rings is 1. The monoisotopic (exact) mass is 355 g/mol. The van der Waals surface area contributed by atoms with Crippen molar-refractivity contribution in [1.29, 1.82) is 0 Å². The number of anilines is 1. The maximum atomic E-state index is 12.1. The molecule has 2 heterocycles. The molecule has 0 bridgehead atoms. The van der Waals surface area contributed by atoms with E-state index in [1.54, 1.807) is 37.5 Å². The average molecular weight is 355 g/mol. The first-order valence-electron chi connectivity index (χ1n) is 8.45. The number of nitrogens with zero attached hydrogens (tertiary/aromatic N) is 2. The molecule has 7 heteroatoms. The summed E-state index contributed by atoms with van der Waals surface area (Å²) in [6, 6.07) is 12.4. The number of rotatable bonds is 5. The Labute approximate surface area is 151 Å². The highest BCUT2D eigenvalue weighted by Crippen LogP contribution is 2.31. The first-order chi connectivity index (χ1) is 12.6. The van der Waals surface area contributed by atoms with Crippen LogP contribution in [0.3, 0.4) is 0 Å². The van der Waals surface area contributed by atoms with E-state index >= 15 is 0 Å². The molecule has 0 radical (unpaired) electrons. The number of piperidine rings is 1. The van der Waals surface area contributed by atoms with E-state index in [4.69, 9.17) is 4.74 Å². The van der Waals surface area contributed by atoms with Gasteiger partial charge >= 0.3 is 5.97 Å². The molecule has 0 spiro atoms. The molecule has 1 aromatic heterocycles. The van der Waals surface area contributed by atoms with Gasteiger partial charge in [0.15, 0.2) is 0 Å². The highest BCUT2D eigenvalue weighted by molar-refractivity contribution is 5.98. The molecule has 1 aliphatic heterocycles. The number of carboxylic acids is 1. The van der Waals surface area contributed by atoms with E-state index in [1.807, 2.05) is 23.1 Å². The molecule has 0 saturated carbocycles. The number of para-hydroxylation sites is 1. The molecular formula is C19H21N3O4. The Hall–Kier alpha value is -3.09. The highest BCUT2D eigenvalue weighted by Gasteiger charge is 2.44. The highest BCUT2D eigenvalue weighted by atomic mass is 16.5. The molecule has 26 heavy (non-hydrogen) atoms. The van der Waals surface area contributed by atoms with Crippen molar-refractivity contribution < 1.29 is 19.4 Å². The summed E-state index contributed by atoms with van der Waals surface area (Å²) in [6.07, 6.45) is 2.21. The molecular weight excluding hydrogens is 334 g/mol. The Morgan fingerprint density at radius 1 is 1.15 bits per heavy atom. The molecule has 7 nitrogen and oxygen atoms in total. The zero-order valence-corrected chi connectivity index (χ0v) is 14.5. The van der Waals surface area contributed by atoms with Crippen molar-refractivity contribution >= 4 is 17.7 Å². The summed E-state index contributed by atoms with van der Waals surface area (Å²) in [5.41, 5.74) is -0.804. The zero-order valence-electron chi connectivity index (χ0n) is 14.5. The van der Waals surface area contributed by atoms with E-state index in [-0.39, 0.29) is 5.91 Å². The van der Waals surface area contributed by atoms with Gasteiger partial charge in [0.2, 0.25) is 5.60 Å². The van der Waals surface area contributed by atoms with Gasteiger partial charge in [-0.05, 0) is 24.3 Å². The molecule has 2 aromatic rings. The average Bonchev–Trinajstić information content (AvgIpc) is 2.68. The lowest BCUT2D eigenvalue weighted by atomic mass is 9.90. The minimum Gasteiger partial charge on any atom is -0.478 e. The molecule has 1 aromatic carbocycles. The number of pyridine rings is 1. The number of nitrogens with one attached hydrogen (secondary N) is 1. The first-order valence-corrected chi connectivity index (χ1v) is 8.45. The predicted octanol–water partition coefficient (Wildman–Crippen LogP) is 1.94. The van der Waals surface area contributed by atoms with Gasteiger partial charge in [0.1, 0.15) is 11.6 Å². The lowest BCUT2D eigenvalue weighted by Crippen LogP contribution is -2.53. The van der Waals surface area contributed by atoms with Crippen molar-refractivity contribution in [3.63, 3.8) is 0 Å². The van der Waals surface area contributed by atoms with E-state index in [2.05, 4.69) is 10.3 Å². The summed E-state index contributed by atoms with van der Waals surface area (Å²) in [5, 5.41) is 12.4. The van der Waals surface area contributed by atoms with Crippen molar-refractivity contribution in [2.75, 3.05) is 25.0 Å². The van der Waals surface area contributed by atoms with E-state index in [1.165, 1.54) is 0 Å². The third-order valence-corrected chi connectivity index (χ3v) is 4.58. The van der Waals surface area contributed by atoms with Crippen LogP contribution < -0.4 is 15.0 Å². The molecule has 0 aliphatic carbocycles. The van der Waals surface area contributed by atoms with Crippen molar-refractivity contribution in [1.82, 2.24) is 10.3 Å². The first kappa shape index (κ1) is 17.7. The van der Waals surface area contributed by atoms with Gasteiger partial charge in [-0.1, -0.05) is 18.2 Å². The second-order valence-electron chi connectivity index (χ2n) is 6.16. The van der Waals surface area contributed by atoms with Gasteiger partial charge in [-0.25, -0.2) is 9.78 Å². The number of carboxylic acid groups (broad SMARTS) is 1. The maximum absolute atomic E-state index is 12.1. The van der Waals surface area contributed by atoms with E-state index in [0.29, 0.717) is 43.1 Å². The summed E-state index contributed by atoms with van der Waals surface area (Å²) in [7, 11) is 1.57. The van der Waals surface area contributed by atoms with E-state index in [9.17, 15) is 14.7 Å². The third kappa shape index (κ3) is 3.46. The molecule has 1 aliphatic rings. The summed E-state index contributed by atoms with van der Waals surface area (Å²) in [5.74, 6) is -0.102. The van der Waals surface area contributed by atoms with Gasteiger partial charge in [0.25, 0.3) is 5.91 Å². The molecule has 1 amide bonds. The second kappa shape index (κ2) is 7.43. The summed E-state index contributed by atoms with van der Waals surface area (Å²) in [6.45, 7) is 0.861.